The summed E-state index contributed by atoms with van der Waals surface area (Å²) in [5.74, 6) is -1.73. The third-order valence-electron chi connectivity index (χ3n) is 14.9. The van der Waals surface area contributed by atoms with Crippen molar-refractivity contribution in [3.8, 4) is 0 Å². The van der Waals surface area contributed by atoms with Gasteiger partial charge in [0, 0.05) is 63.4 Å². The van der Waals surface area contributed by atoms with E-state index in [1.807, 2.05) is 39.8 Å². The van der Waals surface area contributed by atoms with Crippen molar-refractivity contribution in [1.82, 2.24) is 9.80 Å². The maximum atomic E-state index is 14.3. The lowest BCUT2D eigenvalue weighted by atomic mass is 9.81. The Morgan fingerprint density at radius 3 is 2.09 bits per heavy atom. The van der Waals surface area contributed by atoms with Crippen LogP contribution in [0.2, 0.25) is 5.04 Å². The highest BCUT2D eigenvalue weighted by Gasteiger charge is 2.61. The number of amides is 1. The molecule has 1 amide bonds. The Hall–Kier alpha value is -3.99. The molecule has 0 N–H and O–H groups in total. The van der Waals surface area contributed by atoms with E-state index in [-0.39, 0.29) is 29.0 Å². The van der Waals surface area contributed by atoms with Crippen molar-refractivity contribution in [2.24, 2.45) is 22.9 Å². The first-order chi connectivity index (χ1) is 32.9. The van der Waals surface area contributed by atoms with Gasteiger partial charge in [0.15, 0.2) is 11.9 Å². The fourth-order valence-electron chi connectivity index (χ4n) is 11.4. The zero-order chi connectivity index (χ0) is 51.8. The number of cyclic esters (lactones) is 2. The average Bonchev–Trinajstić information content (AvgIpc) is 3.56. The Bertz CT molecular complexity index is 2060. The lowest BCUT2D eigenvalue weighted by Crippen LogP contribution is -2.70. The van der Waals surface area contributed by atoms with E-state index in [4.69, 9.17) is 43.1 Å². The molecule has 2 fully saturated rings. The lowest BCUT2D eigenvalue weighted by molar-refractivity contribution is -0.285. The number of ether oxygens (including phenoxy) is 7. The fraction of sp³-hybridized carbons (Fsp3) is 0.704. The Morgan fingerprint density at radius 2 is 1.56 bits per heavy atom. The minimum Gasteiger partial charge on any atom is -0.456 e. The van der Waals surface area contributed by atoms with Crippen LogP contribution < -0.4 is 10.4 Å². The number of azide groups is 1. The minimum absolute atomic E-state index is 0.0199. The van der Waals surface area contributed by atoms with Gasteiger partial charge in [0.25, 0.3) is 8.32 Å². The predicted molar refractivity (Wildman–Crippen MR) is 275 cm³/mol. The zero-order valence-corrected chi connectivity index (χ0v) is 46.1. The molecule has 2 unspecified atom stereocenters. The van der Waals surface area contributed by atoms with E-state index in [1.165, 1.54) is 6.08 Å². The van der Waals surface area contributed by atoms with E-state index in [0.29, 0.717) is 51.1 Å². The normalized spacial score (nSPS) is 27.0. The largest absolute Gasteiger partial charge is 0.456 e. The van der Waals surface area contributed by atoms with Crippen LogP contribution in [-0.2, 0) is 42.4 Å². The molecule has 12 atom stereocenters. The van der Waals surface area contributed by atoms with E-state index in [0.717, 1.165) is 16.8 Å². The number of hydrogen-bond donors (Lipinski definition) is 0. The number of rotatable bonds is 24. The van der Waals surface area contributed by atoms with Gasteiger partial charge in [-0.25, -0.2) is 9.59 Å². The maximum Gasteiger partial charge on any atom is 0.410 e. The number of esters is 1. The third kappa shape index (κ3) is 12.8. The Labute approximate surface area is 419 Å². The van der Waals surface area contributed by atoms with Crippen LogP contribution in [0.3, 0.4) is 0 Å². The minimum atomic E-state index is -3.12. The molecule has 2 aromatic carbocycles. The first kappa shape index (κ1) is 56.9. The summed E-state index contributed by atoms with van der Waals surface area (Å²) in [5.41, 5.74) is 6.89. The van der Waals surface area contributed by atoms with Crippen molar-refractivity contribution >= 4 is 30.8 Å². The summed E-state index contributed by atoms with van der Waals surface area (Å²) in [5, 5.41) is 5.68. The molecule has 16 heteroatoms. The molecular formula is C54H85N5O10Si. The molecular weight excluding hydrogens is 907 g/mol. The van der Waals surface area contributed by atoms with Gasteiger partial charge in [-0.1, -0.05) is 114 Å². The quantitative estimate of drug-likeness (QED) is 0.0246. The molecule has 0 aliphatic carbocycles. The summed E-state index contributed by atoms with van der Waals surface area (Å²) in [4.78, 5) is 34.2. The highest BCUT2D eigenvalue weighted by atomic mass is 28.4. The van der Waals surface area contributed by atoms with Gasteiger partial charge in [-0.2, -0.15) is 0 Å². The molecule has 3 aliphatic rings. The molecule has 390 valence electrons. The fourth-order valence-corrected chi connectivity index (χ4v) is 16.3. The molecule has 0 radical (unpaired) electrons. The van der Waals surface area contributed by atoms with Crippen molar-refractivity contribution in [2.75, 3.05) is 40.9 Å². The molecule has 70 heavy (non-hydrogen) atoms. The number of carbonyl (C=O) groups excluding carboxylic acids is 2. The van der Waals surface area contributed by atoms with E-state index in [2.05, 4.69) is 126 Å². The van der Waals surface area contributed by atoms with Crippen LogP contribution in [0, 0.1) is 17.8 Å². The molecule has 5 rings (SSSR count). The summed E-state index contributed by atoms with van der Waals surface area (Å²) < 4.78 is 53.4. The first-order valence-corrected chi connectivity index (χ1v) is 27.4. The summed E-state index contributed by atoms with van der Waals surface area (Å²) in [6, 6.07) is 20.7. The van der Waals surface area contributed by atoms with Gasteiger partial charge in [0.05, 0.1) is 36.1 Å². The predicted octanol–water partition coefficient (Wildman–Crippen LogP) is 9.76. The molecule has 0 aromatic heterocycles. The number of benzene rings is 2. The van der Waals surface area contributed by atoms with Gasteiger partial charge in [0.2, 0.25) is 5.79 Å². The van der Waals surface area contributed by atoms with Gasteiger partial charge < -0.3 is 42.5 Å². The molecule has 3 heterocycles. The van der Waals surface area contributed by atoms with Gasteiger partial charge >= 0.3 is 12.1 Å². The number of methoxy groups -OCH3 is 1. The highest BCUT2D eigenvalue weighted by molar-refractivity contribution is 6.99. The second-order valence-corrected chi connectivity index (χ2v) is 26.4. The molecule has 0 bridgehead atoms. The third-order valence-corrected chi connectivity index (χ3v) is 19.9. The Morgan fingerprint density at radius 1 is 0.943 bits per heavy atom. The smallest absolute Gasteiger partial charge is 0.410 e. The number of unbranched alkanes of at least 4 members (excludes halogenated alkanes) is 1. The monoisotopic (exact) mass is 992 g/mol. The van der Waals surface area contributed by atoms with E-state index >= 15 is 0 Å². The van der Waals surface area contributed by atoms with Crippen molar-refractivity contribution in [2.45, 2.75) is 187 Å². The molecule has 2 aromatic rings. The first-order valence-electron chi connectivity index (χ1n) is 25.4. The van der Waals surface area contributed by atoms with Crippen LogP contribution in [-0.4, -0.2) is 131 Å². The maximum absolute atomic E-state index is 14.3. The highest BCUT2D eigenvalue weighted by Crippen LogP contribution is 2.45. The molecule has 2 saturated heterocycles. The number of carbonyl (C=O) groups is 2. The van der Waals surface area contributed by atoms with Crippen molar-refractivity contribution in [3.05, 3.63) is 82.9 Å². The summed E-state index contributed by atoms with van der Waals surface area (Å²) in [6.45, 7) is 27.7. The molecule has 15 nitrogen and oxygen atoms in total. The van der Waals surface area contributed by atoms with Crippen LogP contribution in [0.15, 0.2) is 77.6 Å². The second-order valence-electron chi connectivity index (χ2n) is 22.2. The van der Waals surface area contributed by atoms with Gasteiger partial charge in [-0.15, -0.1) is 0 Å². The van der Waals surface area contributed by atoms with Gasteiger partial charge in [-0.3, -0.25) is 4.90 Å². The van der Waals surface area contributed by atoms with Crippen LogP contribution >= 0.6 is 0 Å². The Kier molecular flexibility index (Phi) is 19.3. The molecule has 0 saturated carbocycles. The van der Waals surface area contributed by atoms with Crippen LogP contribution in [0.25, 0.3) is 10.4 Å². The van der Waals surface area contributed by atoms with Gasteiger partial charge in [-0.05, 0) is 101 Å². The SMILES string of the molecule is CC[C@@H](O[Si](c1ccccc1)(c1ccccc1)C(C)(C)C)[C@@]1(C)OC(=O)N(CCCCN=[N+]=[N-])[C@@H]1[C@@H](C)OC[C@H](C)C[C@@](C)(OC)[C@H](O[C@@H]1O[C@H](C)CC(N(C)C)C1C)[C@H](C)C1=CC(=O)OC(C)(C)O1. The van der Waals surface area contributed by atoms with Crippen molar-refractivity contribution < 1.29 is 47.2 Å². The van der Waals surface area contributed by atoms with Gasteiger partial charge in [0.1, 0.15) is 11.8 Å². The van der Waals surface area contributed by atoms with E-state index < -0.39 is 73.9 Å². The number of hydrogen-bond acceptors (Lipinski definition) is 12. The summed E-state index contributed by atoms with van der Waals surface area (Å²) in [7, 11) is 2.74. The zero-order valence-electron chi connectivity index (χ0n) is 45.1. The topological polar surface area (TPSA) is 163 Å². The number of nitrogens with zero attached hydrogens (tertiary/aromatic N) is 5. The van der Waals surface area contributed by atoms with E-state index in [1.54, 1.807) is 25.9 Å². The standard InChI is InChI=1S/C54H85N5O10Si/c1-17-45(69-70(51(7,8)9,41-26-20-18-21-27-41)42-28-22-19-23-29-42)54(13)47(59(50(61)68-54)31-25-24-30-56-57-55)40(6)63-35-36(2)34-53(12,62-16)48(39(5)44-33-46(60)67-52(10,11)66-44)65-49-38(4)43(58(14)15)32-37(3)64-49/h18-23,26-29,33,36-40,43,45,47-49H,17,24-25,30-32,34-35H2,1-16H3/t36-,37-,38?,39-,40-,43?,45-,47-,48-,49+,53-,54-/m1/s1. The summed E-state index contributed by atoms with van der Waals surface area (Å²) >= 11 is 0. The lowest BCUT2D eigenvalue weighted by Gasteiger charge is -2.49. The second kappa shape index (κ2) is 23.7. The molecule has 3 aliphatic heterocycles. The van der Waals surface area contributed by atoms with Crippen LogP contribution in [0.1, 0.15) is 122 Å². The molecule has 0 spiro atoms. The van der Waals surface area contributed by atoms with Crippen molar-refractivity contribution in [1.29, 1.82) is 0 Å². The summed E-state index contributed by atoms with van der Waals surface area (Å²) in [6.07, 6.45) is 1.82. The average molecular weight is 992 g/mol. The van der Waals surface area contributed by atoms with Crippen LogP contribution in [0.5, 0.6) is 0 Å². The van der Waals surface area contributed by atoms with Crippen LogP contribution in [0.4, 0.5) is 4.79 Å². The van der Waals surface area contributed by atoms with E-state index in [9.17, 15) is 9.59 Å². The Balaban J connectivity index is 1.48. The van der Waals surface area contributed by atoms with Crippen molar-refractivity contribution in [3.63, 3.8) is 0 Å².